The standard InChI is InChI=1S/C22H21FN4O5S/c1-12(32-10-15-9-24-27-26-15)16-4-3-5-17-19(21(22(28)29)25-20(16)17)13-6-7-14(18(23)8-13)11-33(2,30)31/h3-9,12,25H,10-11H2,1-2H3,(H,28,29)(H,24,26,27). The van der Waals surface area contributed by atoms with Crippen LogP contribution in [0.5, 0.6) is 0 Å². The van der Waals surface area contributed by atoms with Gasteiger partial charge < -0.3 is 14.8 Å². The number of sulfone groups is 1. The predicted octanol–water partition coefficient (Wildman–Crippen LogP) is 3.61. The van der Waals surface area contributed by atoms with Crippen LogP contribution in [0.15, 0.2) is 42.6 Å². The minimum atomic E-state index is -3.42. The Morgan fingerprint density at radius 2 is 2.06 bits per heavy atom. The molecule has 2 aromatic heterocycles. The van der Waals surface area contributed by atoms with Crippen LogP contribution in [-0.4, -0.2) is 46.1 Å². The first-order valence-corrected chi connectivity index (χ1v) is 12.0. The molecule has 3 N–H and O–H groups in total. The fourth-order valence-electron chi connectivity index (χ4n) is 3.74. The van der Waals surface area contributed by atoms with Gasteiger partial charge in [0.15, 0.2) is 9.84 Å². The molecule has 1 atom stereocenters. The van der Waals surface area contributed by atoms with E-state index in [-0.39, 0.29) is 17.9 Å². The normalized spacial score (nSPS) is 12.8. The van der Waals surface area contributed by atoms with Gasteiger partial charge in [0.1, 0.15) is 11.5 Å². The predicted molar refractivity (Wildman–Crippen MR) is 119 cm³/mol. The number of H-pyrrole nitrogens is 2. The topological polar surface area (TPSA) is 138 Å². The first kappa shape index (κ1) is 22.6. The maximum atomic E-state index is 14.7. The van der Waals surface area contributed by atoms with E-state index in [1.54, 1.807) is 18.3 Å². The fourth-order valence-corrected chi connectivity index (χ4v) is 4.54. The van der Waals surface area contributed by atoms with E-state index < -0.39 is 33.5 Å². The van der Waals surface area contributed by atoms with E-state index >= 15 is 0 Å². The molecule has 0 aliphatic carbocycles. The third-order valence-electron chi connectivity index (χ3n) is 5.23. The number of fused-ring (bicyclic) bond motifs is 1. The van der Waals surface area contributed by atoms with Crippen molar-refractivity contribution >= 4 is 26.7 Å². The second kappa shape index (κ2) is 8.75. The molecule has 0 radical (unpaired) electrons. The van der Waals surface area contributed by atoms with E-state index in [0.717, 1.165) is 17.9 Å². The summed E-state index contributed by atoms with van der Waals surface area (Å²) < 4.78 is 43.7. The number of aromatic carboxylic acids is 1. The van der Waals surface area contributed by atoms with E-state index in [2.05, 4.69) is 20.4 Å². The van der Waals surface area contributed by atoms with Crippen molar-refractivity contribution in [1.82, 2.24) is 20.4 Å². The Kier molecular flexibility index (Phi) is 6.00. The van der Waals surface area contributed by atoms with Gasteiger partial charge in [0, 0.05) is 28.3 Å². The molecule has 0 fully saturated rings. The lowest BCUT2D eigenvalue weighted by Crippen LogP contribution is -2.03. The molecular formula is C22H21FN4O5S. The van der Waals surface area contributed by atoms with Crippen molar-refractivity contribution in [2.75, 3.05) is 6.26 Å². The summed E-state index contributed by atoms with van der Waals surface area (Å²) in [7, 11) is -3.42. The maximum Gasteiger partial charge on any atom is 0.352 e. The van der Waals surface area contributed by atoms with Gasteiger partial charge in [-0.15, -0.1) is 5.10 Å². The zero-order valence-corrected chi connectivity index (χ0v) is 18.6. The highest BCUT2D eigenvalue weighted by Gasteiger charge is 2.23. The molecule has 0 aliphatic rings. The summed E-state index contributed by atoms with van der Waals surface area (Å²) in [5, 5.41) is 20.4. The summed E-state index contributed by atoms with van der Waals surface area (Å²) in [6.45, 7) is 2.07. The number of nitrogens with zero attached hydrogens (tertiary/aromatic N) is 2. The highest BCUT2D eigenvalue weighted by molar-refractivity contribution is 7.89. The molecule has 1 unspecified atom stereocenters. The van der Waals surface area contributed by atoms with Crippen LogP contribution in [0, 0.1) is 5.82 Å². The molecule has 2 heterocycles. The Balaban J connectivity index is 1.77. The van der Waals surface area contributed by atoms with Crippen molar-refractivity contribution in [3.63, 3.8) is 0 Å². The molecule has 0 saturated heterocycles. The molecule has 0 bridgehead atoms. The summed E-state index contributed by atoms with van der Waals surface area (Å²) in [6.07, 6.45) is 2.17. The van der Waals surface area contributed by atoms with E-state index in [4.69, 9.17) is 4.74 Å². The third-order valence-corrected chi connectivity index (χ3v) is 6.07. The van der Waals surface area contributed by atoms with Gasteiger partial charge in [-0.05, 0) is 18.6 Å². The minimum absolute atomic E-state index is 0.0222. The lowest BCUT2D eigenvalue weighted by molar-refractivity contribution is 0.0513. The van der Waals surface area contributed by atoms with Crippen molar-refractivity contribution in [2.45, 2.75) is 25.4 Å². The number of ether oxygens (including phenoxy) is 1. The number of benzene rings is 2. The Bertz CT molecular complexity index is 1430. The molecule has 11 heteroatoms. The largest absolute Gasteiger partial charge is 0.477 e. The van der Waals surface area contributed by atoms with Crippen LogP contribution in [-0.2, 0) is 26.9 Å². The first-order valence-electron chi connectivity index (χ1n) is 9.95. The fraction of sp³-hybridized carbons (Fsp3) is 0.227. The van der Waals surface area contributed by atoms with Crippen LogP contribution in [0.4, 0.5) is 4.39 Å². The number of hydrogen-bond acceptors (Lipinski definition) is 6. The lowest BCUT2D eigenvalue weighted by Gasteiger charge is -2.14. The number of hydrogen-bond donors (Lipinski definition) is 3. The number of rotatable bonds is 8. The molecule has 33 heavy (non-hydrogen) atoms. The number of carboxylic acids is 1. The monoisotopic (exact) mass is 472 g/mol. The summed E-state index contributed by atoms with van der Waals surface area (Å²) in [5.41, 5.74) is 2.53. The Morgan fingerprint density at radius 3 is 2.70 bits per heavy atom. The third kappa shape index (κ3) is 4.78. The van der Waals surface area contributed by atoms with Crippen molar-refractivity contribution in [3.05, 3.63) is 70.9 Å². The van der Waals surface area contributed by atoms with E-state index in [1.165, 1.54) is 12.1 Å². The number of aromatic nitrogens is 4. The van der Waals surface area contributed by atoms with Crippen LogP contribution < -0.4 is 0 Å². The Labute approximate surface area is 188 Å². The van der Waals surface area contributed by atoms with Crippen LogP contribution >= 0.6 is 0 Å². The van der Waals surface area contributed by atoms with Crippen molar-refractivity contribution in [1.29, 1.82) is 0 Å². The molecule has 0 aliphatic heterocycles. The summed E-state index contributed by atoms with van der Waals surface area (Å²) in [6, 6.07) is 9.38. The van der Waals surface area contributed by atoms with E-state index in [1.807, 2.05) is 13.0 Å². The molecule has 4 aromatic rings. The number of halogens is 1. The van der Waals surface area contributed by atoms with Gasteiger partial charge in [-0.25, -0.2) is 17.6 Å². The molecule has 0 saturated carbocycles. The molecule has 0 spiro atoms. The van der Waals surface area contributed by atoms with Crippen molar-refractivity contribution in [2.24, 2.45) is 0 Å². The zero-order chi connectivity index (χ0) is 23.8. The van der Waals surface area contributed by atoms with Crippen molar-refractivity contribution in [3.8, 4) is 11.1 Å². The average Bonchev–Trinajstić information content (AvgIpc) is 3.40. The summed E-state index contributed by atoms with van der Waals surface area (Å²) >= 11 is 0. The quantitative estimate of drug-likeness (QED) is 0.356. The lowest BCUT2D eigenvalue weighted by atomic mass is 9.98. The number of carboxylic acid groups (broad SMARTS) is 1. The second-order valence-corrected chi connectivity index (χ2v) is 9.90. The number of para-hydroxylation sites is 1. The molecular weight excluding hydrogens is 451 g/mol. The van der Waals surface area contributed by atoms with Gasteiger partial charge in [0.25, 0.3) is 0 Å². The van der Waals surface area contributed by atoms with Gasteiger partial charge in [-0.3, -0.25) is 5.10 Å². The number of aromatic amines is 2. The molecule has 0 amide bonds. The molecule has 9 nitrogen and oxygen atoms in total. The summed E-state index contributed by atoms with van der Waals surface area (Å²) in [4.78, 5) is 15.0. The van der Waals surface area contributed by atoms with Crippen LogP contribution in [0.25, 0.3) is 22.0 Å². The van der Waals surface area contributed by atoms with Crippen LogP contribution in [0.3, 0.4) is 0 Å². The van der Waals surface area contributed by atoms with Gasteiger partial charge in [-0.1, -0.05) is 35.5 Å². The highest BCUT2D eigenvalue weighted by atomic mass is 32.2. The molecule has 4 rings (SSSR count). The van der Waals surface area contributed by atoms with Gasteiger partial charge in [0.05, 0.1) is 35.9 Å². The zero-order valence-electron chi connectivity index (χ0n) is 17.8. The highest BCUT2D eigenvalue weighted by Crippen LogP contribution is 2.37. The number of carbonyl (C=O) groups is 1. The Hall–Kier alpha value is -3.57. The van der Waals surface area contributed by atoms with E-state index in [9.17, 15) is 22.7 Å². The first-order chi connectivity index (χ1) is 15.6. The second-order valence-electron chi connectivity index (χ2n) is 7.76. The molecule has 172 valence electrons. The number of nitrogens with one attached hydrogen (secondary N) is 2. The van der Waals surface area contributed by atoms with E-state index in [0.29, 0.717) is 27.7 Å². The summed E-state index contributed by atoms with van der Waals surface area (Å²) in [5.74, 6) is -2.36. The molecule has 2 aromatic carbocycles. The SMILES string of the molecule is CC(OCc1cnn[nH]1)c1cccc2c(-c3ccc(CS(C)(=O)=O)c(F)c3)c(C(=O)O)[nH]c12. The Morgan fingerprint density at radius 1 is 1.27 bits per heavy atom. The van der Waals surface area contributed by atoms with Crippen molar-refractivity contribution < 1.29 is 27.4 Å². The average molecular weight is 472 g/mol. The van der Waals surface area contributed by atoms with Gasteiger partial charge in [0.2, 0.25) is 0 Å². The van der Waals surface area contributed by atoms with Crippen LogP contribution in [0.1, 0.15) is 40.3 Å². The smallest absolute Gasteiger partial charge is 0.352 e. The minimum Gasteiger partial charge on any atom is -0.477 e. The van der Waals surface area contributed by atoms with Gasteiger partial charge in [-0.2, -0.15) is 0 Å². The van der Waals surface area contributed by atoms with Crippen LogP contribution in [0.2, 0.25) is 0 Å². The van der Waals surface area contributed by atoms with Gasteiger partial charge >= 0.3 is 5.97 Å². The maximum absolute atomic E-state index is 14.7.